The van der Waals surface area contributed by atoms with Crippen molar-refractivity contribution in [3.8, 4) is 17.2 Å². The van der Waals surface area contributed by atoms with Crippen molar-refractivity contribution in [1.82, 2.24) is 15.0 Å². The van der Waals surface area contributed by atoms with E-state index in [1.165, 1.54) is 62.5 Å². The van der Waals surface area contributed by atoms with Gasteiger partial charge in [-0.25, -0.2) is 0 Å². The van der Waals surface area contributed by atoms with Crippen LogP contribution in [0, 0.1) is 32.1 Å². The van der Waals surface area contributed by atoms with Gasteiger partial charge in [-0.15, -0.1) is 0 Å². The lowest BCUT2D eigenvalue weighted by Gasteiger charge is -2.32. The first kappa shape index (κ1) is 26.5. The maximum atomic E-state index is 9.66. The fourth-order valence-corrected chi connectivity index (χ4v) is 5.74. The Morgan fingerprint density at radius 3 is 2.34 bits per heavy atom. The molecule has 3 aromatic rings. The number of likely N-dealkylation sites (N-methyl/N-ethyl adjacent to an activating group) is 1. The summed E-state index contributed by atoms with van der Waals surface area (Å²) in [6.45, 7) is 13.1. The van der Waals surface area contributed by atoms with Gasteiger partial charge in [-0.2, -0.15) is 5.26 Å². The van der Waals surface area contributed by atoms with Crippen LogP contribution in [0.15, 0.2) is 47.0 Å². The maximum Gasteiger partial charge on any atom is 0.141 e. The van der Waals surface area contributed by atoms with Gasteiger partial charge in [0.05, 0.1) is 17.2 Å². The van der Waals surface area contributed by atoms with Gasteiger partial charge in [-0.3, -0.25) is 0 Å². The highest BCUT2D eigenvalue weighted by atomic mass is 16.5. The summed E-state index contributed by atoms with van der Waals surface area (Å²) in [5.41, 5.74) is 7.68. The molecule has 2 fully saturated rings. The van der Waals surface area contributed by atoms with E-state index in [1.54, 1.807) is 0 Å². The van der Waals surface area contributed by atoms with E-state index in [1.807, 2.05) is 13.8 Å². The molecule has 2 aromatic carbocycles. The van der Waals surface area contributed by atoms with Crippen LogP contribution in [0.25, 0.3) is 11.1 Å². The Kier molecular flexibility index (Phi) is 7.88. The van der Waals surface area contributed by atoms with Crippen molar-refractivity contribution in [3.63, 3.8) is 0 Å². The Labute approximate surface area is 227 Å². The summed E-state index contributed by atoms with van der Waals surface area (Å²) in [5, 5.41) is 13.8. The first-order valence-corrected chi connectivity index (χ1v) is 14.1. The Balaban J connectivity index is 1.35. The van der Waals surface area contributed by atoms with Crippen molar-refractivity contribution in [1.29, 1.82) is 5.26 Å². The Hall–Kier alpha value is -3.14. The van der Waals surface area contributed by atoms with Gasteiger partial charge in [0, 0.05) is 49.7 Å². The molecule has 2 aliphatic rings. The highest BCUT2D eigenvalue weighted by molar-refractivity contribution is 5.76. The lowest BCUT2D eigenvalue weighted by Crippen LogP contribution is -2.44. The molecule has 0 atom stereocenters. The first-order valence-electron chi connectivity index (χ1n) is 14.1. The van der Waals surface area contributed by atoms with E-state index in [0.29, 0.717) is 0 Å². The summed E-state index contributed by atoms with van der Waals surface area (Å²) in [7, 11) is 2.21. The highest BCUT2D eigenvalue weighted by Crippen LogP contribution is 2.48. The molecule has 200 valence electrons. The third-order valence-corrected chi connectivity index (χ3v) is 8.47. The number of hydrogen-bond acceptors (Lipinski definition) is 6. The number of hydrogen-bond donors (Lipinski definition) is 0. The molecule has 0 bridgehead atoms. The zero-order chi connectivity index (χ0) is 26.7. The summed E-state index contributed by atoms with van der Waals surface area (Å²) in [5.74, 6) is 0.850. The number of nitriles is 1. The first-order chi connectivity index (χ1) is 18.4. The molecule has 6 heteroatoms. The number of aryl methyl sites for hydroxylation is 3. The predicted octanol–water partition coefficient (Wildman–Crippen LogP) is 6.38. The molecule has 38 heavy (non-hydrogen) atoms. The predicted molar refractivity (Wildman–Crippen MR) is 154 cm³/mol. The lowest BCUT2D eigenvalue weighted by atomic mass is 9.97. The van der Waals surface area contributed by atoms with Crippen LogP contribution < -0.4 is 4.90 Å². The molecule has 0 N–H and O–H groups in total. The number of aromatic nitrogens is 1. The fraction of sp³-hybridized carbons (Fsp3) is 0.500. The van der Waals surface area contributed by atoms with E-state index in [-0.39, 0.29) is 5.41 Å². The van der Waals surface area contributed by atoms with Crippen molar-refractivity contribution < 1.29 is 4.52 Å². The fourth-order valence-electron chi connectivity index (χ4n) is 5.74. The van der Waals surface area contributed by atoms with Gasteiger partial charge in [-0.1, -0.05) is 35.8 Å². The molecule has 0 spiro atoms. The summed E-state index contributed by atoms with van der Waals surface area (Å²) in [6, 6.07) is 18.0. The lowest BCUT2D eigenvalue weighted by molar-refractivity contribution is 0.152. The second-order valence-corrected chi connectivity index (χ2v) is 11.3. The van der Waals surface area contributed by atoms with Crippen LogP contribution in [0.1, 0.15) is 54.7 Å². The van der Waals surface area contributed by atoms with E-state index in [0.717, 1.165) is 54.0 Å². The van der Waals surface area contributed by atoms with Gasteiger partial charge in [-0.05, 0) is 94.9 Å². The van der Waals surface area contributed by atoms with Gasteiger partial charge in [0.15, 0.2) is 0 Å². The second-order valence-electron chi connectivity index (χ2n) is 11.3. The van der Waals surface area contributed by atoms with Crippen molar-refractivity contribution in [2.24, 2.45) is 0 Å². The summed E-state index contributed by atoms with van der Waals surface area (Å²) in [4.78, 5) is 7.49. The van der Waals surface area contributed by atoms with Gasteiger partial charge in [0.25, 0.3) is 0 Å². The standard InChI is InChI=1S/C32H41N5O/c1-24-8-9-27(31-25(2)34-38-26(31)3)22-30(24)37(17-7-5-6-16-36-20-18-35(4)19-21-36)29-12-10-28(11-13-29)32(23-33)14-15-32/h8-13,22H,5-7,14-21H2,1-4H3. The molecule has 1 saturated heterocycles. The van der Waals surface area contributed by atoms with E-state index in [4.69, 9.17) is 4.52 Å². The molecule has 5 rings (SSSR count). The largest absolute Gasteiger partial charge is 0.361 e. The third kappa shape index (κ3) is 5.65. The quantitative estimate of drug-likeness (QED) is 0.295. The van der Waals surface area contributed by atoms with E-state index < -0.39 is 0 Å². The normalized spacial score (nSPS) is 17.3. The number of anilines is 2. The number of nitrogens with zero attached hydrogens (tertiary/aromatic N) is 5. The van der Waals surface area contributed by atoms with Crippen LogP contribution in [-0.2, 0) is 5.41 Å². The van der Waals surface area contributed by atoms with E-state index >= 15 is 0 Å². The molecular weight excluding hydrogens is 470 g/mol. The van der Waals surface area contributed by atoms with Crippen molar-refractivity contribution in [2.45, 2.75) is 58.3 Å². The number of unbranched alkanes of at least 4 members (excludes halogenated alkanes) is 2. The smallest absolute Gasteiger partial charge is 0.141 e. The number of benzene rings is 2. The van der Waals surface area contributed by atoms with Crippen LogP contribution in [0.5, 0.6) is 0 Å². The van der Waals surface area contributed by atoms with Crippen molar-refractivity contribution >= 4 is 11.4 Å². The molecule has 0 radical (unpaired) electrons. The monoisotopic (exact) mass is 511 g/mol. The van der Waals surface area contributed by atoms with Crippen molar-refractivity contribution in [3.05, 3.63) is 65.0 Å². The summed E-state index contributed by atoms with van der Waals surface area (Å²) < 4.78 is 5.48. The summed E-state index contributed by atoms with van der Waals surface area (Å²) >= 11 is 0. The zero-order valence-electron chi connectivity index (χ0n) is 23.5. The molecule has 0 unspecified atom stereocenters. The topological polar surface area (TPSA) is 59.5 Å². The SMILES string of the molecule is Cc1ccc(-c2c(C)noc2C)cc1N(CCCCCN1CCN(C)CC1)c1ccc(C2(C#N)CC2)cc1. The molecule has 1 saturated carbocycles. The minimum absolute atomic E-state index is 0.258. The molecule has 1 aliphatic heterocycles. The van der Waals surface area contributed by atoms with Gasteiger partial charge in [0.2, 0.25) is 0 Å². The molecule has 6 nitrogen and oxygen atoms in total. The van der Waals surface area contributed by atoms with Crippen molar-refractivity contribution in [2.75, 3.05) is 51.2 Å². The van der Waals surface area contributed by atoms with E-state index in [2.05, 4.69) is 82.4 Å². The van der Waals surface area contributed by atoms with Gasteiger partial charge >= 0.3 is 0 Å². The molecule has 0 amide bonds. The van der Waals surface area contributed by atoms with E-state index in [9.17, 15) is 5.26 Å². The minimum Gasteiger partial charge on any atom is -0.361 e. The highest BCUT2D eigenvalue weighted by Gasteiger charge is 2.44. The van der Waals surface area contributed by atoms with Crippen LogP contribution >= 0.6 is 0 Å². The van der Waals surface area contributed by atoms with Crippen LogP contribution in [-0.4, -0.2) is 61.3 Å². The summed E-state index contributed by atoms with van der Waals surface area (Å²) in [6.07, 6.45) is 5.52. The maximum absolute atomic E-state index is 9.66. The number of rotatable bonds is 10. The Bertz CT molecular complexity index is 1260. The number of piperazine rings is 1. The van der Waals surface area contributed by atoms with Gasteiger partial charge in [0.1, 0.15) is 5.76 Å². The molecular formula is C32H41N5O. The van der Waals surface area contributed by atoms with Crippen LogP contribution in [0.2, 0.25) is 0 Å². The third-order valence-electron chi connectivity index (χ3n) is 8.47. The molecule has 2 heterocycles. The molecule has 1 aromatic heterocycles. The van der Waals surface area contributed by atoms with Gasteiger partial charge < -0.3 is 19.2 Å². The Morgan fingerprint density at radius 2 is 1.71 bits per heavy atom. The minimum atomic E-state index is -0.258. The Morgan fingerprint density at radius 1 is 0.974 bits per heavy atom. The van der Waals surface area contributed by atoms with Crippen LogP contribution in [0.4, 0.5) is 11.4 Å². The zero-order valence-corrected chi connectivity index (χ0v) is 23.5. The average Bonchev–Trinajstić information content (AvgIpc) is 3.66. The second kappa shape index (κ2) is 11.3. The average molecular weight is 512 g/mol. The van der Waals surface area contributed by atoms with Crippen LogP contribution in [0.3, 0.4) is 0 Å². The molecule has 1 aliphatic carbocycles.